The zero-order chi connectivity index (χ0) is 18.2. The number of hydrogen-bond acceptors (Lipinski definition) is 6. The van der Waals surface area contributed by atoms with Crippen LogP contribution >= 0.6 is 0 Å². The lowest BCUT2D eigenvalue weighted by molar-refractivity contribution is -0.145. The first-order chi connectivity index (χ1) is 12.1. The first-order valence-corrected chi connectivity index (χ1v) is 8.22. The summed E-state index contributed by atoms with van der Waals surface area (Å²) in [6.07, 6.45) is 2.67. The minimum atomic E-state index is -0.444. The van der Waals surface area contributed by atoms with Crippen LogP contribution in [0.2, 0.25) is 0 Å². The fourth-order valence-electron chi connectivity index (χ4n) is 2.22. The molecule has 0 unspecified atom stereocenters. The lowest BCUT2D eigenvalue weighted by atomic mass is 10.3. The number of pyridine rings is 1. The number of amides is 1. The zero-order valence-electron chi connectivity index (χ0n) is 14.6. The molecular formula is C16H23N5O4. The molecule has 2 aromatic rings. The SMILES string of the molecule is CCOC(Cn1cc(C(=O)Nc2ccc(=O)n(CC)c2)nn1)OCC. The number of nitrogens with one attached hydrogen (secondary N) is 1. The van der Waals surface area contributed by atoms with Crippen LogP contribution in [-0.2, 0) is 22.6 Å². The Morgan fingerprint density at radius 3 is 2.56 bits per heavy atom. The third kappa shape index (κ3) is 5.23. The van der Waals surface area contributed by atoms with Crippen molar-refractivity contribution in [1.82, 2.24) is 19.6 Å². The lowest BCUT2D eigenvalue weighted by Crippen LogP contribution is -2.24. The molecule has 25 heavy (non-hydrogen) atoms. The quantitative estimate of drug-likeness (QED) is 0.681. The third-order valence-corrected chi connectivity index (χ3v) is 3.39. The van der Waals surface area contributed by atoms with Crippen molar-refractivity contribution in [3.8, 4) is 0 Å². The molecule has 0 aliphatic carbocycles. The van der Waals surface area contributed by atoms with E-state index >= 15 is 0 Å². The summed E-state index contributed by atoms with van der Waals surface area (Å²) in [6.45, 7) is 7.49. The van der Waals surface area contributed by atoms with Gasteiger partial charge in [0.25, 0.3) is 11.5 Å². The highest BCUT2D eigenvalue weighted by atomic mass is 16.7. The topological polar surface area (TPSA) is 100 Å². The summed E-state index contributed by atoms with van der Waals surface area (Å²) in [4.78, 5) is 23.8. The molecule has 136 valence electrons. The Kier molecular flexibility index (Phi) is 6.84. The van der Waals surface area contributed by atoms with Gasteiger partial charge in [-0.05, 0) is 26.8 Å². The van der Waals surface area contributed by atoms with E-state index in [4.69, 9.17) is 9.47 Å². The molecule has 1 N–H and O–H groups in total. The molecule has 0 bridgehead atoms. The highest BCUT2D eigenvalue weighted by Gasteiger charge is 2.15. The summed E-state index contributed by atoms with van der Waals surface area (Å²) in [5, 5.41) is 10.5. The molecule has 2 rings (SSSR count). The van der Waals surface area contributed by atoms with Gasteiger partial charge in [-0.15, -0.1) is 5.10 Å². The van der Waals surface area contributed by atoms with E-state index in [9.17, 15) is 9.59 Å². The summed E-state index contributed by atoms with van der Waals surface area (Å²) >= 11 is 0. The summed E-state index contributed by atoms with van der Waals surface area (Å²) in [5.41, 5.74) is 0.563. The molecule has 0 spiro atoms. The Bertz CT molecular complexity index is 749. The van der Waals surface area contributed by atoms with Crippen molar-refractivity contribution in [3.63, 3.8) is 0 Å². The molecule has 0 radical (unpaired) electrons. The lowest BCUT2D eigenvalue weighted by Gasteiger charge is -2.16. The minimum Gasteiger partial charge on any atom is -0.351 e. The van der Waals surface area contributed by atoms with E-state index in [0.29, 0.717) is 32.0 Å². The average Bonchev–Trinajstić information content (AvgIpc) is 3.05. The van der Waals surface area contributed by atoms with Crippen LogP contribution in [0.5, 0.6) is 0 Å². The largest absolute Gasteiger partial charge is 0.351 e. The molecule has 0 aliphatic heterocycles. The van der Waals surface area contributed by atoms with Crippen molar-refractivity contribution in [1.29, 1.82) is 0 Å². The molecular weight excluding hydrogens is 326 g/mol. The molecule has 0 aliphatic rings. The van der Waals surface area contributed by atoms with Crippen LogP contribution in [0.15, 0.2) is 29.3 Å². The van der Waals surface area contributed by atoms with Crippen molar-refractivity contribution >= 4 is 11.6 Å². The third-order valence-electron chi connectivity index (χ3n) is 3.39. The minimum absolute atomic E-state index is 0.121. The zero-order valence-corrected chi connectivity index (χ0v) is 14.6. The highest BCUT2D eigenvalue weighted by molar-refractivity contribution is 6.02. The van der Waals surface area contributed by atoms with Gasteiger partial charge in [0.2, 0.25) is 0 Å². The highest BCUT2D eigenvalue weighted by Crippen LogP contribution is 2.07. The maximum absolute atomic E-state index is 12.3. The van der Waals surface area contributed by atoms with Crippen LogP contribution in [0.25, 0.3) is 0 Å². The normalized spacial score (nSPS) is 11.0. The molecule has 0 atom stereocenters. The molecule has 9 nitrogen and oxygen atoms in total. The Morgan fingerprint density at radius 2 is 1.92 bits per heavy atom. The molecule has 1 amide bonds. The Labute approximate surface area is 145 Å². The van der Waals surface area contributed by atoms with Crippen molar-refractivity contribution in [3.05, 3.63) is 40.6 Å². The first-order valence-electron chi connectivity index (χ1n) is 8.22. The van der Waals surface area contributed by atoms with E-state index < -0.39 is 12.2 Å². The van der Waals surface area contributed by atoms with Crippen LogP contribution < -0.4 is 10.9 Å². The molecule has 2 heterocycles. The van der Waals surface area contributed by atoms with Gasteiger partial charge in [-0.25, -0.2) is 4.68 Å². The number of aromatic nitrogens is 4. The van der Waals surface area contributed by atoms with Gasteiger partial charge in [-0.1, -0.05) is 5.21 Å². The molecule has 9 heteroatoms. The summed E-state index contributed by atoms with van der Waals surface area (Å²) in [5.74, 6) is -0.406. The standard InChI is InChI=1S/C16H23N5O4/c1-4-20-9-12(7-8-14(20)22)17-16(23)13-10-21(19-18-13)11-15(24-5-2)25-6-3/h7-10,15H,4-6,11H2,1-3H3,(H,17,23). The van der Waals surface area contributed by atoms with Crippen LogP contribution in [-0.4, -0.2) is 45.0 Å². The van der Waals surface area contributed by atoms with E-state index in [-0.39, 0.29) is 11.3 Å². The first kappa shape index (κ1) is 18.8. The van der Waals surface area contributed by atoms with Gasteiger partial charge < -0.3 is 19.4 Å². The summed E-state index contributed by atoms with van der Waals surface area (Å²) < 4.78 is 13.9. The van der Waals surface area contributed by atoms with E-state index in [2.05, 4.69) is 15.6 Å². The Hall–Kier alpha value is -2.52. The monoisotopic (exact) mass is 349 g/mol. The maximum atomic E-state index is 12.3. The van der Waals surface area contributed by atoms with Gasteiger partial charge >= 0.3 is 0 Å². The molecule has 0 saturated heterocycles. The number of hydrogen-bond donors (Lipinski definition) is 1. The van der Waals surface area contributed by atoms with Crippen molar-refractivity contribution in [2.24, 2.45) is 0 Å². The second-order valence-electron chi connectivity index (χ2n) is 5.16. The van der Waals surface area contributed by atoms with Gasteiger partial charge in [0.05, 0.1) is 18.4 Å². The Balaban J connectivity index is 2.03. The van der Waals surface area contributed by atoms with Gasteiger partial charge in [0, 0.05) is 32.0 Å². The van der Waals surface area contributed by atoms with Crippen molar-refractivity contribution in [2.45, 2.75) is 40.2 Å². The predicted molar refractivity (Wildman–Crippen MR) is 91.4 cm³/mol. The van der Waals surface area contributed by atoms with E-state index in [1.165, 1.54) is 21.5 Å². The smallest absolute Gasteiger partial charge is 0.277 e. The van der Waals surface area contributed by atoms with E-state index in [1.54, 1.807) is 12.3 Å². The van der Waals surface area contributed by atoms with Crippen LogP contribution in [0.3, 0.4) is 0 Å². The fraction of sp³-hybridized carbons (Fsp3) is 0.500. The van der Waals surface area contributed by atoms with Gasteiger partial charge in [-0.3, -0.25) is 9.59 Å². The second-order valence-corrected chi connectivity index (χ2v) is 5.16. The number of carbonyl (C=O) groups is 1. The summed E-state index contributed by atoms with van der Waals surface area (Å²) in [7, 11) is 0. The number of aryl methyl sites for hydroxylation is 1. The van der Waals surface area contributed by atoms with Gasteiger partial charge in [0.15, 0.2) is 12.0 Å². The number of carbonyl (C=O) groups excluding carboxylic acids is 1. The van der Waals surface area contributed by atoms with Crippen molar-refractivity contribution in [2.75, 3.05) is 18.5 Å². The van der Waals surface area contributed by atoms with Crippen LogP contribution in [0, 0.1) is 0 Å². The van der Waals surface area contributed by atoms with E-state index in [1.807, 2.05) is 20.8 Å². The maximum Gasteiger partial charge on any atom is 0.277 e. The summed E-state index contributed by atoms with van der Waals surface area (Å²) in [6, 6.07) is 2.96. The molecule has 0 fully saturated rings. The number of rotatable bonds is 9. The fourth-order valence-corrected chi connectivity index (χ4v) is 2.22. The number of nitrogens with zero attached hydrogens (tertiary/aromatic N) is 4. The number of ether oxygens (including phenoxy) is 2. The van der Waals surface area contributed by atoms with E-state index in [0.717, 1.165) is 0 Å². The van der Waals surface area contributed by atoms with Gasteiger partial charge in [-0.2, -0.15) is 0 Å². The second kappa shape index (κ2) is 9.09. The Morgan fingerprint density at radius 1 is 1.20 bits per heavy atom. The van der Waals surface area contributed by atoms with Crippen LogP contribution in [0.4, 0.5) is 5.69 Å². The predicted octanol–water partition coefficient (Wildman–Crippen LogP) is 1.11. The van der Waals surface area contributed by atoms with Gasteiger partial charge in [0.1, 0.15) is 0 Å². The average molecular weight is 349 g/mol. The van der Waals surface area contributed by atoms with Crippen LogP contribution in [0.1, 0.15) is 31.3 Å². The molecule has 0 aromatic carbocycles. The molecule has 0 saturated carbocycles. The van der Waals surface area contributed by atoms with Crippen molar-refractivity contribution < 1.29 is 14.3 Å². The molecule has 2 aromatic heterocycles. The number of anilines is 1.